The lowest BCUT2D eigenvalue weighted by molar-refractivity contribution is -0.125. The van der Waals surface area contributed by atoms with E-state index < -0.39 is 6.09 Å². The van der Waals surface area contributed by atoms with Crippen molar-refractivity contribution in [1.82, 2.24) is 5.32 Å². The molecule has 8 heteroatoms. The molecule has 0 bridgehead atoms. The smallest absolute Gasteiger partial charge is 0.414 e. The molecule has 2 saturated heterocycles. The summed E-state index contributed by atoms with van der Waals surface area (Å²) in [6.07, 6.45) is -0.240. The van der Waals surface area contributed by atoms with Crippen LogP contribution in [-0.4, -0.2) is 57.4 Å². The number of rotatable bonds is 5. The summed E-state index contributed by atoms with van der Waals surface area (Å²) in [6, 6.07) is 7.13. The van der Waals surface area contributed by atoms with Gasteiger partial charge < -0.3 is 19.7 Å². The highest BCUT2D eigenvalue weighted by atomic mass is 16.6. The van der Waals surface area contributed by atoms with Gasteiger partial charge in [0.15, 0.2) is 0 Å². The third-order valence-corrected chi connectivity index (χ3v) is 3.76. The van der Waals surface area contributed by atoms with E-state index >= 15 is 0 Å². The third kappa shape index (κ3) is 3.26. The molecule has 0 spiro atoms. The van der Waals surface area contributed by atoms with Crippen LogP contribution in [0.5, 0.6) is 0 Å². The highest BCUT2D eigenvalue weighted by Crippen LogP contribution is 2.25. The largest absolute Gasteiger partial charge is 0.442 e. The molecule has 1 unspecified atom stereocenters. The first-order chi connectivity index (χ1) is 11.2. The van der Waals surface area contributed by atoms with Crippen molar-refractivity contribution < 1.29 is 23.9 Å². The van der Waals surface area contributed by atoms with Gasteiger partial charge in [-0.05, 0) is 24.3 Å². The van der Waals surface area contributed by atoms with E-state index in [1.807, 2.05) is 0 Å². The normalized spacial score (nSPS) is 21.3. The van der Waals surface area contributed by atoms with Crippen LogP contribution in [0.2, 0.25) is 0 Å². The number of hydrogen-bond donors (Lipinski definition) is 1. The molecule has 2 heterocycles. The first-order valence-electron chi connectivity index (χ1n) is 7.32. The van der Waals surface area contributed by atoms with Gasteiger partial charge in [0, 0.05) is 17.9 Å². The molecule has 0 aromatic heterocycles. The second-order valence-corrected chi connectivity index (χ2v) is 5.26. The Morgan fingerprint density at radius 1 is 1.17 bits per heavy atom. The zero-order valence-electron chi connectivity index (χ0n) is 12.4. The summed E-state index contributed by atoms with van der Waals surface area (Å²) < 4.78 is 10.3. The van der Waals surface area contributed by atoms with Crippen LogP contribution in [0.15, 0.2) is 24.3 Å². The maximum atomic E-state index is 11.9. The number of carbonyl (C=O) groups is 3. The van der Waals surface area contributed by atoms with Gasteiger partial charge in [-0.1, -0.05) is 0 Å². The molecule has 0 radical (unpaired) electrons. The van der Waals surface area contributed by atoms with Crippen LogP contribution in [0.25, 0.3) is 0 Å². The summed E-state index contributed by atoms with van der Waals surface area (Å²) >= 11 is 0. The van der Waals surface area contributed by atoms with Gasteiger partial charge in [-0.25, -0.2) is 4.79 Å². The quantitative estimate of drug-likeness (QED) is 0.779. The van der Waals surface area contributed by atoms with Crippen molar-refractivity contribution in [1.29, 1.82) is 0 Å². The van der Waals surface area contributed by atoms with E-state index in [0.29, 0.717) is 31.8 Å². The topological polar surface area (TPSA) is 88.2 Å². The lowest BCUT2D eigenvalue weighted by atomic mass is 10.2. The Morgan fingerprint density at radius 2 is 1.87 bits per heavy atom. The lowest BCUT2D eigenvalue weighted by Crippen LogP contribution is -2.41. The average molecular weight is 319 g/mol. The molecule has 8 nitrogen and oxygen atoms in total. The maximum Gasteiger partial charge on any atom is 0.414 e. The van der Waals surface area contributed by atoms with Gasteiger partial charge in [0.1, 0.15) is 12.7 Å². The molecule has 1 aromatic carbocycles. The second kappa shape index (κ2) is 6.66. The number of nitrogens with zero attached hydrogens (tertiary/aromatic N) is 2. The fraction of sp³-hybridized carbons (Fsp3) is 0.400. The average Bonchev–Trinajstić information content (AvgIpc) is 2.94. The van der Waals surface area contributed by atoms with Crippen molar-refractivity contribution in [3.05, 3.63) is 24.3 Å². The van der Waals surface area contributed by atoms with E-state index in [4.69, 9.17) is 9.47 Å². The molecule has 1 aromatic rings. The van der Waals surface area contributed by atoms with Gasteiger partial charge in [-0.15, -0.1) is 0 Å². The second-order valence-electron chi connectivity index (χ2n) is 5.26. The van der Waals surface area contributed by atoms with Crippen LogP contribution in [0.4, 0.5) is 16.2 Å². The highest BCUT2D eigenvalue weighted by Gasteiger charge is 2.32. The molecule has 2 aliphatic heterocycles. The lowest BCUT2D eigenvalue weighted by Gasteiger charge is -2.27. The first kappa shape index (κ1) is 15.3. The molecule has 2 aliphatic rings. The summed E-state index contributed by atoms with van der Waals surface area (Å²) in [7, 11) is 0. The van der Waals surface area contributed by atoms with Gasteiger partial charge in [0.2, 0.25) is 6.41 Å². The van der Waals surface area contributed by atoms with Crippen molar-refractivity contribution in [2.45, 2.75) is 6.10 Å². The van der Waals surface area contributed by atoms with Crippen LogP contribution in [0.1, 0.15) is 0 Å². The number of carbonyl (C=O) groups excluding carboxylic acids is 3. The van der Waals surface area contributed by atoms with Gasteiger partial charge >= 0.3 is 6.09 Å². The number of amides is 3. The number of cyclic esters (lactones) is 1. The van der Waals surface area contributed by atoms with Crippen molar-refractivity contribution in [2.75, 3.05) is 42.6 Å². The molecule has 3 amide bonds. The van der Waals surface area contributed by atoms with Gasteiger partial charge in [-0.3, -0.25) is 14.5 Å². The standard InChI is InChI=1S/C15H17N3O5/c19-10-16-7-13-8-18(15(21)23-13)12-3-1-11(2-4-12)17-5-6-22-9-14(17)20/h1-4,10,13H,5-9H2,(H,16,19). The monoisotopic (exact) mass is 319 g/mol. The van der Waals surface area contributed by atoms with E-state index in [2.05, 4.69) is 5.32 Å². The van der Waals surface area contributed by atoms with Crippen LogP contribution in [0.3, 0.4) is 0 Å². The van der Waals surface area contributed by atoms with E-state index in [1.165, 1.54) is 4.90 Å². The highest BCUT2D eigenvalue weighted by molar-refractivity contribution is 5.95. The molecule has 2 fully saturated rings. The van der Waals surface area contributed by atoms with Gasteiger partial charge in [-0.2, -0.15) is 0 Å². The molecular weight excluding hydrogens is 302 g/mol. The minimum Gasteiger partial charge on any atom is -0.442 e. The summed E-state index contributed by atoms with van der Waals surface area (Å²) in [5.74, 6) is -0.0791. The van der Waals surface area contributed by atoms with Crippen molar-refractivity contribution in [3.63, 3.8) is 0 Å². The van der Waals surface area contributed by atoms with E-state index in [1.54, 1.807) is 29.2 Å². The molecule has 122 valence electrons. The fourth-order valence-corrected chi connectivity index (χ4v) is 2.62. The molecule has 0 saturated carbocycles. The zero-order chi connectivity index (χ0) is 16.2. The summed E-state index contributed by atoms with van der Waals surface area (Å²) in [5, 5.41) is 2.50. The minimum absolute atomic E-state index is 0.0791. The van der Waals surface area contributed by atoms with Gasteiger partial charge in [0.05, 0.1) is 19.7 Å². The number of hydrogen-bond acceptors (Lipinski definition) is 5. The molecule has 0 aliphatic carbocycles. The maximum absolute atomic E-state index is 11.9. The number of anilines is 2. The zero-order valence-corrected chi connectivity index (χ0v) is 12.4. The van der Waals surface area contributed by atoms with Crippen molar-refractivity contribution in [3.8, 4) is 0 Å². The SMILES string of the molecule is O=CNCC1CN(c2ccc(N3CCOCC3=O)cc2)C(=O)O1. The molecule has 3 rings (SSSR count). The Morgan fingerprint density at radius 3 is 2.52 bits per heavy atom. The Labute approximate surface area is 132 Å². The number of ether oxygens (including phenoxy) is 2. The van der Waals surface area contributed by atoms with Crippen LogP contribution < -0.4 is 15.1 Å². The van der Waals surface area contributed by atoms with E-state index in [0.717, 1.165) is 5.69 Å². The number of benzene rings is 1. The van der Waals surface area contributed by atoms with Crippen LogP contribution in [-0.2, 0) is 19.1 Å². The molecule has 23 heavy (non-hydrogen) atoms. The summed E-state index contributed by atoms with van der Waals surface area (Å²) in [6.45, 7) is 1.77. The summed E-state index contributed by atoms with van der Waals surface area (Å²) in [5.41, 5.74) is 1.46. The predicted octanol–water partition coefficient (Wildman–Crippen LogP) is 0.121. The number of morpholine rings is 1. The Balaban J connectivity index is 1.68. The third-order valence-electron chi connectivity index (χ3n) is 3.76. The predicted molar refractivity (Wildman–Crippen MR) is 81.3 cm³/mol. The van der Waals surface area contributed by atoms with Crippen molar-refractivity contribution >= 4 is 29.8 Å². The number of nitrogens with one attached hydrogen (secondary N) is 1. The van der Waals surface area contributed by atoms with Crippen molar-refractivity contribution in [2.24, 2.45) is 0 Å². The Kier molecular flexibility index (Phi) is 4.42. The minimum atomic E-state index is -0.446. The molecule has 1 atom stereocenters. The fourth-order valence-electron chi connectivity index (χ4n) is 2.62. The van der Waals surface area contributed by atoms with Crippen LogP contribution >= 0.6 is 0 Å². The first-order valence-corrected chi connectivity index (χ1v) is 7.32. The Bertz CT molecular complexity index is 604. The van der Waals surface area contributed by atoms with Gasteiger partial charge in [0.25, 0.3) is 5.91 Å². The molecular formula is C15H17N3O5. The van der Waals surface area contributed by atoms with Crippen LogP contribution in [0, 0.1) is 0 Å². The molecule has 1 N–H and O–H groups in total. The van der Waals surface area contributed by atoms with E-state index in [9.17, 15) is 14.4 Å². The summed E-state index contributed by atoms with van der Waals surface area (Å²) in [4.78, 5) is 37.2. The Hall–Kier alpha value is -2.61. The van der Waals surface area contributed by atoms with E-state index in [-0.39, 0.29) is 25.2 Å².